The molecular formula is C13H17N7S. The molecule has 3 aromatic heterocycles. The minimum absolute atomic E-state index is 0.680. The Hall–Kier alpha value is -1.93. The summed E-state index contributed by atoms with van der Waals surface area (Å²) in [6, 6.07) is 0. The largest absolute Gasteiger partial charge is 0.341 e. The lowest BCUT2D eigenvalue weighted by Crippen LogP contribution is -2.12. The van der Waals surface area contributed by atoms with Gasteiger partial charge in [-0.05, 0) is 25.2 Å². The number of hydrogen-bond donors (Lipinski definition) is 2. The van der Waals surface area contributed by atoms with E-state index in [1.165, 1.54) is 5.56 Å². The maximum absolute atomic E-state index is 4.51. The molecule has 0 aliphatic rings. The predicted molar refractivity (Wildman–Crippen MR) is 81.1 cm³/mol. The van der Waals surface area contributed by atoms with E-state index in [0.29, 0.717) is 5.65 Å². The van der Waals surface area contributed by atoms with Crippen LogP contribution in [0.5, 0.6) is 0 Å². The first-order valence-electron chi connectivity index (χ1n) is 6.75. The Labute approximate surface area is 126 Å². The molecule has 0 saturated carbocycles. The SMILES string of the molecule is CCNCc1c(C)nn(C)c1Sc1ncnc2nc[nH]c12. The number of rotatable bonds is 5. The standard InChI is InChI=1S/C13H17N7S/c1-4-14-5-9-8(2)19-20(3)13(9)21-12-10-11(16-6-15-10)17-7-18-12/h6-7,14H,4-5H2,1-3H3,(H,15,16,17,18). The molecule has 0 radical (unpaired) electrons. The van der Waals surface area contributed by atoms with Crippen molar-refractivity contribution in [3.05, 3.63) is 23.9 Å². The number of aryl methyl sites for hydroxylation is 2. The minimum Gasteiger partial charge on any atom is -0.341 e. The van der Waals surface area contributed by atoms with Crippen molar-refractivity contribution < 1.29 is 0 Å². The molecule has 3 heterocycles. The lowest BCUT2D eigenvalue weighted by Gasteiger charge is -2.06. The number of imidazole rings is 1. The van der Waals surface area contributed by atoms with E-state index >= 15 is 0 Å². The van der Waals surface area contributed by atoms with Crippen LogP contribution in [0.2, 0.25) is 0 Å². The van der Waals surface area contributed by atoms with Crippen LogP contribution in [-0.4, -0.2) is 36.3 Å². The molecule has 0 aliphatic carbocycles. The number of aromatic nitrogens is 6. The van der Waals surface area contributed by atoms with Gasteiger partial charge in [-0.3, -0.25) is 4.68 Å². The average molecular weight is 303 g/mol. The lowest BCUT2D eigenvalue weighted by molar-refractivity contribution is 0.673. The Morgan fingerprint density at radius 3 is 3.00 bits per heavy atom. The maximum Gasteiger partial charge on any atom is 0.181 e. The zero-order valence-corrected chi connectivity index (χ0v) is 13.0. The smallest absolute Gasteiger partial charge is 0.181 e. The lowest BCUT2D eigenvalue weighted by atomic mass is 10.2. The molecular weight excluding hydrogens is 286 g/mol. The third kappa shape index (κ3) is 2.64. The van der Waals surface area contributed by atoms with Gasteiger partial charge in [0.25, 0.3) is 0 Å². The van der Waals surface area contributed by atoms with Crippen molar-refractivity contribution >= 4 is 22.9 Å². The minimum atomic E-state index is 0.680. The van der Waals surface area contributed by atoms with Crippen molar-refractivity contribution in [2.75, 3.05) is 6.54 Å². The zero-order chi connectivity index (χ0) is 14.8. The summed E-state index contributed by atoms with van der Waals surface area (Å²) in [5.41, 5.74) is 3.78. The first-order valence-corrected chi connectivity index (χ1v) is 7.57. The predicted octanol–water partition coefficient (Wildman–Crippen LogP) is 1.66. The van der Waals surface area contributed by atoms with Crippen LogP contribution in [0, 0.1) is 6.92 Å². The highest BCUT2D eigenvalue weighted by Crippen LogP contribution is 2.33. The highest BCUT2D eigenvalue weighted by atomic mass is 32.2. The summed E-state index contributed by atoms with van der Waals surface area (Å²) in [7, 11) is 1.95. The number of fused-ring (bicyclic) bond motifs is 1. The van der Waals surface area contributed by atoms with Gasteiger partial charge in [0, 0.05) is 19.2 Å². The summed E-state index contributed by atoms with van der Waals surface area (Å²) >= 11 is 1.58. The zero-order valence-electron chi connectivity index (χ0n) is 12.2. The van der Waals surface area contributed by atoms with Gasteiger partial charge >= 0.3 is 0 Å². The van der Waals surface area contributed by atoms with Crippen molar-refractivity contribution in [3.8, 4) is 0 Å². The summed E-state index contributed by atoms with van der Waals surface area (Å²) < 4.78 is 1.90. The van der Waals surface area contributed by atoms with E-state index < -0.39 is 0 Å². The Balaban J connectivity index is 1.99. The summed E-state index contributed by atoms with van der Waals surface area (Å²) in [6.07, 6.45) is 3.18. The van der Waals surface area contributed by atoms with E-state index in [4.69, 9.17) is 0 Å². The molecule has 0 aromatic carbocycles. The van der Waals surface area contributed by atoms with Crippen molar-refractivity contribution in [2.45, 2.75) is 30.4 Å². The number of nitrogens with zero attached hydrogens (tertiary/aromatic N) is 5. The third-order valence-electron chi connectivity index (χ3n) is 3.22. The Kier molecular flexibility index (Phi) is 3.89. The second-order valence-electron chi connectivity index (χ2n) is 4.66. The average Bonchev–Trinajstić information content (AvgIpc) is 3.04. The molecule has 0 aliphatic heterocycles. The molecule has 110 valence electrons. The fraction of sp³-hybridized carbons (Fsp3) is 0.385. The van der Waals surface area contributed by atoms with E-state index in [9.17, 15) is 0 Å². The van der Waals surface area contributed by atoms with Gasteiger partial charge in [-0.1, -0.05) is 6.92 Å². The number of H-pyrrole nitrogens is 1. The molecule has 7 nitrogen and oxygen atoms in total. The van der Waals surface area contributed by atoms with Crippen molar-refractivity contribution in [3.63, 3.8) is 0 Å². The van der Waals surface area contributed by atoms with Gasteiger partial charge in [-0.25, -0.2) is 15.0 Å². The van der Waals surface area contributed by atoms with Crippen molar-refractivity contribution in [1.29, 1.82) is 0 Å². The Morgan fingerprint density at radius 2 is 2.19 bits per heavy atom. The van der Waals surface area contributed by atoms with Crippen LogP contribution in [0.1, 0.15) is 18.2 Å². The monoisotopic (exact) mass is 303 g/mol. The van der Waals surface area contributed by atoms with Crippen molar-refractivity contribution in [1.82, 2.24) is 35.0 Å². The van der Waals surface area contributed by atoms with Gasteiger partial charge in [0.1, 0.15) is 21.9 Å². The van der Waals surface area contributed by atoms with Crippen LogP contribution in [0.3, 0.4) is 0 Å². The van der Waals surface area contributed by atoms with E-state index in [0.717, 1.165) is 34.4 Å². The first-order chi connectivity index (χ1) is 10.2. The molecule has 0 amide bonds. The molecule has 2 N–H and O–H groups in total. The number of aromatic amines is 1. The molecule has 0 bridgehead atoms. The fourth-order valence-corrected chi connectivity index (χ4v) is 3.23. The van der Waals surface area contributed by atoms with E-state index in [-0.39, 0.29) is 0 Å². The van der Waals surface area contributed by atoms with Crippen molar-refractivity contribution in [2.24, 2.45) is 7.05 Å². The summed E-state index contributed by atoms with van der Waals surface area (Å²) in [5, 5.41) is 9.82. The van der Waals surface area contributed by atoms with Gasteiger partial charge in [0.15, 0.2) is 5.65 Å². The maximum atomic E-state index is 4.51. The second kappa shape index (κ2) is 5.82. The number of hydrogen-bond acceptors (Lipinski definition) is 6. The highest BCUT2D eigenvalue weighted by molar-refractivity contribution is 7.99. The summed E-state index contributed by atoms with van der Waals surface area (Å²) in [5.74, 6) is 0. The van der Waals surface area contributed by atoms with E-state index in [1.807, 2.05) is 18.7 Å². The van der Waals surface area contributed by atoms with Gasteiger partial charge in [0.05, 0.1) is 12.0 Å². The fourth-order valence-electron chi connectivity index (χ4n) is 2.17. The molecule has 3 aromatic rings. The first kappa shape index (κ1) is 14.0. The summed E-state index contributed by atoms with van der Waals surface area (Å²) in [4.78, 5) is 15.8. The Morgan fingerprint density at radius 1 is 1.33 bits per heavy atom. The van der Waals surface area contributed by atoms with E-state index in [2.05, 4.69) is 37.3 Å². The molecule has 21 heavy (non-hydrogen) atoms. The topological polar surface area (TPSA) is 84.3 Å². The molecule has 0 atom stereocenters. The van der Waals surface area contributed by atoms with Gasteiger partial charge in [-0.2, -0.15) is 5.10 Å². The molecule has 8 heteroatoms. The van der Waals surface area contributed by atoms with Gasteiger partial charge in [0.2, 0.25) is 0 Å². The van der Waals surface area contributed by atoms with Crippen LogP contribution in [0.4, 0.5) is 0 Å². The highest BCUT2D eigenvalue weighted by Gasteiger charge is 2.17. The van der Waals surface area contributed by atoms with Crippen LogP contribution in [-0.2, 0) is 13.6 Å². The molecule has 3 rings (SSSR count). The quantitative estimate of drug-likeness (QED) is 0.697. The van der Waals surface area contributed by atoms with Gasteiger partial charge < -0.3 is 10.3 Å². The van der Waals surface area contributed by atoms with Crippen LogP contribution in [0.15, 0.2) is 22.7 Å². The van der Waals surface area contributed by atoms with E-state index in [1.54, 1.807) is 24.4 Å². The molecule has 0 unspecified atom stereocenters. The second-order valence-corrected chi connectivity index (χ2v) is 5.63. The van der Waals surface area contributed by atoms with Crippen LogP contribution in [0.25, 0.3) is 11.2 Å². The van der Waals surface area contributed by atoms with Crippen LogP contribution < -0.4 is 5.32 Å². The summed E-state index contributed by atoms with van der Waals surface area (Å²) in [6.45, 7) is 5.85. The molecule has 0 spiro atoms. The third-order valence-corrected chi connectivity index (χ3v) is 4.43. The van der Waals surface area contributed by atoms with Gasteiger partial charge in [-0.15, -0.1) is 0 Å². The normalized spacial score (nSPS) is 11.4. The molecule has 0 saturated heterocycles. The molecule has 0 fully saturated rings. The van der Waals surface area contributed by atoms with Crippen LogP contribution >= 0.6 is 11.8 Å². The Bertz CT molecular complexity index is 761. The number of nitrogens with one attached hydrogen (secondary N) is 2.